The summed E-state index contributed by atoms with van der Waals surface area (Å²) in [6.07, 6.45) is 1.36. The molecule has 160 valence electrons. The van der Waals surface area contributed by atoms with Crippen LogP contribution in [0, 0.1) is 11.3 Å². The van der Waals surface area contributed by atoms with Crippen LogP contribution in [0.5, 0.6) is 11.5 Å². The third kappa shape index (κ3) is 6.51. The van der Waals surface area contributed by atoms with Gasteiger partial charge >= 0.3 is 5.97 Å². The average molecular weight is 557 g/mol. The molecule has 3 rings (SSSR count). The minimum absolute atomic E-state index is 0.276. The van der Waals surface area contributed by atoms with E-state index in [1.807, 2.05) is 6.07 Å². The molecule has 0 heterocycles. The van der Waals surface area contributed by atoms with Gasteiger partial charge in [0, 0.05) is 14.5 Å². The van der Waals surface area contributed by atoms with Gasteiger partial charge in [-0.05, 0) is 54.6 Å². The topological polar surface area (TPSA) is 101 Å². The quantitative estimate of drug-likeness (QED) is 0.194. The molecule has 0 fully saturated rings. The Morgan fingerprint density at radius 1 is 1.00 bits per heavy atom. The van der Waals surface area contributed by atoms with Gasteiger partial charge in [-0.3, -0.25) is 4.79 Å². The molecular weight excluding hydrogens is 542 g/mol. The Labute approximate surface area is 200 Å². The maximum Gasteiger partial charge on any atom is 0.343 e. The molecule has 3 aromatic carbocycles. The van der Waals surface area contributed by atoms with Gasteiger partial charge in [-0.2, -0.15) is 10.4 Å². The standard InChI is InChI=1S/C23H15Br2N3O4/c24-18-7-5-15(6-8-18)23(30)32-21-10-9-19(25)11-17(21)13-27-28-22(29)14-31-20-4-2-1-3-16(20)12-26/h1-11,13H,14H2,(H,28,29)/b27-13+. The molecule has 0 bridgehead atoms. The highest BCUT2D eigenvalue weighted by molar-refractivity contribution is 9.10. The number of carbonyl (C=O) groups excluding carboxylic acids is 2. The number of ether oxygens (including phenoxy) is 2. The molecule has 0 saturated carbocycles. The summed E-state index contributed by atoms with van der Waals surface area (Å²) in [6.45, 7) is -0.320. The van der Waals surface area contributed by atoms with Crippen molar-refractivity contribution in [2.24, 2.45) is 5.10 Å². The lowest BCUT2D eigenvalue weighted by Crippen LogP contribution is -2.24. The van der Waals surface area contributed by atoms with Gasteiger partial charge in [0.05, 0.1) is 17.3 Å². The molecule has 1 amide bonds. The van der Waals surface area contributed by atoms with Crippen molar-refractivity contribution in [2.45, 2.75) is 0 Å². The van der Waals surface area contributed by atoms with Gasteiger partial charge in [-0.25, -0.2) is 10.2 Å². The highest BCUT2D eigenvalue weighted by Gasteiger charge is 2.12. The number of esters is 1. The molecule has 3 aromatic rings. The molecule has 0 aromatic heterocycles. The number of para-hydroxylation sites is 1. The number of hydrazone groups is 1. The van der Waals surface area contributed by atoms with E-state index in [-0.39, 0.29) is 12.4 Å². The number of hydrogen-bond acceptors (Lipinski definition) is 6. The first kappa shape index (κ1) is 23.2. The second-order valence-electron chi connectivity index (χ2n) is 6.27. The van der Waals surface area contributed by atoms with Crippen molar-refractivity contribution < 1.29 is 19.1 Å². The van der Waals surface area contributed by atoms with E-state index in [4.69, 9.17) is 14.7 Å². The number of hydrogen-bond donors (Lipinski definition) is 1. The zero-order chi connectivity index (χ0) is 22.9. The molecule has 0 radical (unpaired) electrons. The lowest BCUT2D eigenvalue weighted by atomic mass is 10.2. The summed E-state index contributed by atoms with van der Waals surface area (Å²) in [5, 5.41) is 13.0. The number of nitrogens with one attached hydrogen (secondary N) is 1. The highest BCUT2D eigenvalue weighted by Crippen LogP contribution is 2.23. The number of benzene rings is 3. The van der Waals surface area contributed by atoms with Gasteiger partial charge in [0.1, 0.15) is 17.6 Å². The minimum atomic E-state index is -0.525. The summed E-state index contributed by atoms with van der Waals surface area (Å²) in [4.78, 5) is 24.4. The van der Waals surface area contributed by atoms with E-state index >= 15 is 0 Å². The van der Waals surface area contributed by atoms with Gasteiger partial charge in [0.25, 0.3) is 5.91 Å². The molecule has 0 aliphatic heterocycles. The number of nitriles is 1. The van der Waals surface area contributed by atoms with E-state index < -0.39 is 11.9 Å². The molecule has 0 atom stereocenters. The van der Waals surface area contributed by atoms with Crippen molar-refractivity contribution in [1.29, 1.82) is 5.26 Å². The first-order valence-electron chi connectivity index (χ1n) is 9.17. The molecule has 0 saturated heterocycles. The lowest BCUT2D eigenvalue weighted by molar-refractivity contribution is -0.123. The Balaban J connectivity index is 1.63. The van der Waals surface area contributed by atoms with E-state index in [0.717, 1.165) is 8.95 Å². The van der Waals surface area contributed by atoms with Crippen LogP contribution in [-0.2, 0) is 4.79 Å². The largest absolute Gasteiger partial charge is 0.482 e. The SMILES string of the molecule is N#Cc1ccccc1OCC(=O)N/N=C/c1cc(Br)ccc1OC(=O)c1ccc(Br)cc1. The van der Waals surface area contributed by atoms with Crippen LogP contribution in [0.25, 0.3) is 0 Å². The number of amides is 1. The first-order valence-corrected chi connectivity index (χ1v) is 10.8. The highest BCUT2D eigenvalue weighted by atomic mass is 79.9. The lowest BCUT2D eigenvalue weighted by Gasteiger charge is -2.08. The van der Waals surface area contributed by atoms with Crippen molar-refractivity contribution in [3.8, 4) is 17.6 Å². The maximum atomic E-state index is 12.4. The van der Waals surface area contributed by atoms with Crippen LogP contribution in [-0.4, -0.2) is 24.7 Å². The Kier molecular flexibility index (Phi) is 8.14. The van der Waals surface area contributed by atoms with Crippen molar-refractivity contribution >= 4 is 50.0 Å². The number of rotatable bonds is 7. The van der Waals surface area contributed by atoms with Gasteiger partial charge in [0.15, 0.2) is 6.61 Å². The Hall–Kier alpha value is -3.48. The van der Waals surface area contributed by atoms with E-state index in [0.29, 0.717) is 22.4 Å². The Morgan fingerprint density at radius 2 is 1.72 bits per heavy atom. The number of carbonyl (C=O) groups is 2. The first-order chi connectivity index (χ1) is 15.5. The van der Waals surface area contributed by atoms with Crippen molar-refractivity contribution in [2.75, 3.05) is 6.61 Å². The van der Waals surface area contributed by atoms with E-state index in [2.05, 4.69) is 42.4 Å². The third-order valence-electron chi connectivity index (χ3n) is 4.01. The third-order valence-corrected chi connectivity index (χ3v) is 5.04. The molecule has 0 aliphatic rings. The predicted octanol–water partition coefficient (Wildman–Crippen LogP) is 4.83. The fourth-order valence-electron chi connectivity index (χ4n) is 2.49. The van der Waals surface area contributed by atoms with Crippen LogP contribution >= 0.6 is 31.9 Å². The van der Waals surface area contributed by atoms with Gasteiger partial charge in [-0.1, -0.05) is 44.0 Å². The summed E-state index contributed by atoms with van der Waals surface area (Å²) in [7, 11) is 0. The molecule has 32 heavy (non-hydrogen) atoms. The van der Waals surface area contributed by atoms with E-state index in [1.54, 1.807) is 66.7 Å². The zero-order valence-electron chi connectivity index (χ0n) is 16.4. The Bertz CT molecular complexity index is 1200. The number of nitrogens with zero attached hydrogens (tertiary/aromatic N) is 2. The molecule has 0 spiro atoms. The fraction of sp³-hybridized carbons (Fsp3) is 0.0435. The zero-order valence-corrected chi connectivity index (χ0v) is 19.6. The summed E-state index contributed by atoms with van der Waals surface area (Å²) in [5.74, 6) is -0.456. The van der Waals surface area contributed by atoms with Crippen LogP contribution in [0.2, 0.25) is 0 Å². The van der Waals surface area contributed by atoms with Crippen LogP contribution in [0.3, 0.4) is 0 Å². The maximum absolute atomic E-state index is 12.4. The second kappa shape index (κ2) is 11.2. The molecule has 7 nitrogen and oxygen atoms in total. The summed E-state index contributed by atoms with van der Waals surface area (Å²) in [5.41, 5.74) is 3.53. The van der Waals surface area contributed by atoms with Crippen LogP contribution in [0.15, 0.2) is 80.8 Å². The summed E-state index contributed by atoms with van der Waals surface area (Å²) >= 11 is 6.68. The fourth-order valence-corrected chi connectivity index (χ4v) is 3.14. The monoisotopic (exact) mass is 555 g/mol. The van der Waals surface area contributed by atoms with Crippen molar-refractivity contribution in [3.63, 3.8) is 0 Å². The normalized spacial score (nSPS) is 10.4. The van der Waals surface area contributed by atoms with Crippen LogP contribution in [0.4, 0.5) is 0 Å². The Morgan fingerprint density at radius 3 is 2.47 bits per heavy atom. The van der Waals surface area contributed by atoms with Crippen LogP contribution < -0.4 is 14.9 Å². The van der Waals surface area contributed by atoms with Gasteiger partial charge in [-0.15, -0.1) is 0 Å². The average Bonchev–Trinajstić information content (AvgIpc) is 2.80. The van der Waals surface area contributed by atoms with Gasteiger partial charge < -0.3 is 9.47 Å². The number of halogens is 2. The van der Waals surface area contributed by atoms with Crippen molar-refractivity contribution in [1.82, 2.24) is 5.43 Å². The predicted molar refractivity (Wildman–Crippen MR) is 126 cm³/mol. The van der Waals surface area contributed by atoms with Crippen molar-refractivity contribution in [3.05, 3.63) is 92.4 Å². The second-order valence-corrected chi connectivity index (χ2v) is 8.10. The molecule has 1 N–H and O–H groups in total. The summed E-state index contributed by atoms with van der Waals surface area (Å²) < 4.78 is 12.4. The molecule has 9 heteroatoms. The minimum Gasteiger partial charge on any atom is -0.482 e. The molecular formula is C23H15Br2N3O4. The van der Waals surface area contributed by atoms with E-state index in [9.17, 15) is 9.59 Å². The smallest absolute Gasteiger partial charge is 0.343 e. The van der Waals surface area contributed by atoms with Gasteiger partial charge in [0.2, 0.25) is 0 Å². The van der Waals surface area contributed by atoms with Crippen LogP contribution in [0.1, 0.15) is 21.5 Å². The molecule has 0 aliphatic carbocycles. The summed E-state index contributed by atoms with van der Waals surface area (Å²) in [6, 6.07) is 20.4. The van der Waals surface area contributed by atoms with E-state index in [1.165, 1.54) is 6.21 Å². The molecule has 0 unspecified atom stereocenters.